The summed E-state index contributed by atoms with van der Waals surface area (Å²) in [5.41, 5.74) is 4.26. The van der Waals surface area contributed by atoms with E-state index in [0.29, 0.717) is 19.6 Å². The minimum Gasteiger partial charge on any atom is -0.357 e. The fraction of sp³-hybridized carbons (Fsp3) is 0.542. The summed E-state index contributed by atoms with van der Waals surface area (Å²) < 4.78 is 1.97. The van der Waals surface area contributed by atoms with E-state index in [-0.39, 0.29) is 11.8 Å². The van der Waals surface area contributed by atoms with Gasteiger partial charge in [0.25, 0.3) is 0 Å². The van der Waals surface area contributed by atoms with Crippen molar-refractivity contribution in [3.05, 3.63) is 47.3 Å². The molecule has 7 nitrogen and oxygen atoms in total. The van der Waals surface area contributed by atoms with Crippen molar-refractivity contribution < 1.29 is 4.79 Å². The van der Waals surface area contributed by atoms with Crippen LogP contribution in [0, 0.1) is 19.8 Å². The van der Waals surface area contributed by atoms with E-state index in [4.69, 9.17) is 4.99 Å². The van der Waals surface area contributed by atoms with Gasteiger partial charge in [0.05, 0.1) is 17.9 Å². The smallest absolute Gasteiger partial charge is 0.223 e. The number of aliphatic imine (C=N–C) groups is 1. The van der Waals surface area contributed by atoms with E-state index in [0.717, 1.165) is 48.0 Å². The van der Waals surface area contributed by atoms with Crippen molar-refractivity contribution >= 4 is 11.9 Å². The fourth-order valence-corrected chi connectivity index (χ4v) is 4.11. The van der Waals surface area contributed by atoms with Crippen LogP contribution < -0.4 is 16.0 Å². The van der Waals surface area contributed by atoms with Crippen LogP contribution in [0.15, 0.2) is 35.3 Å². The first kappa shape index (κ1) is 22.8. The molecule has 1 aliphatic carbocycles. The number of carbonyl (C=O) groups excluding carboxylic acids is 1. The molecule has 0 atom stereocenters. The quantitative estimate of drug-likeness (QED) is 0.345. The third kappa shape index (κ3) is 6.57. The minimum absolute atomic E-state index is 0.196. The summed E-state index contributed by atoms with van der Waals surface area (Å²) >= 11 is 0. The molecule has 1 aromatic heterocycles. The molecule has 31 heavy (non-hydrogen) atoms. The molecule has 0 radical (unpaired) electrons. The number of hydrogen-bond acceptors (Lipinski definition) is 3. The van der Waals surface area contributed by atoms with Gasteiger partial charge in [-0.15, -0.1) is 0 Å². The number of nitrogens with zero attached hydrogens (tertiary/aromatic N) is 3. The average Bonchev–Trinajstić information content (AvgIpc) is 3.13. The second-order valence-corrected chi connectivity index (χ2v) is 8.22. The monoisotopic (exact) mass is 424 g/mol. The maximum absolute atomic E-state index is 12.3. The van der Waals surface area contributed by atoms with Crippen molar-refractivity contribution in [3.63, 3.8) is 0 Å². The molecule has 0 unspecified atom stereocenters. The van der Waals surface area contributed by atoms with Crippen LogP contribution >= 0.6 is 0 Å². The van der Waals surface area contributed by atoms with Crippen LogP contribution in [-0.4, -0.2) is 41.3 Å². The van der Waals surface area contributed by atoms with Gasteiger partial charge >= 0.3 is 0 Å². The Bertz CT molecular complexity index is 882. The molecule has 0 saturated heterocycles. The summed E-state index contributed by atoms with van der Waals surface area (Å²) in [6, 6.07) is 10.3. The molecule has 0 aliphatic heterocycles. The zero-order valence-corrected chi connectivity index (χ0v) is 19.1. The Balaban J connectivity index is 1.56. The van der Waals surface area contributed by atoms with E-state index in [2.05, 4.69) is 46.2 Å². The van der Waals surface area contributed by atoms with E-state index in [1.165, 1.54) is 19.3 Å². The Kier molecular flexibility index (Phi) is 8.50. The molecule has 1 fully saturated rings. The summed E-state index contributed by atoms with van der Waals surface area (Å²) in [6.07, 6.45) is 5.66. The summed E-state index contributed by atoms with van der Waals surface area (Å²) in [6.45, 7) is 8.67. The molecule has 7 heteroatoms. The lowest BCUT2D eigenvalue weighted by Gasteiger charge is -2.21. The predicted octanol–water partition coefficient (Wildman–Crippen LogP) is 3.24. The van der Waals surface area contributed by atoms with E-state index in [1.54, 1.807) is 0 Å². The number of carbonyl (C=O) groups is 1. The molecule has 1 heterocycles. The molecule has 2 aromatic rings. The van der Waals surface area contributed by atoms with Gasteiger partial charge in [-0.1, -0.05) is 37.5 Å². The van der Waals surface area contributed by atoms with Crippen LogP contribution in [0.25, 0.3) is 5.69 Å². The number of rotatable bonds is 8. The summed E-state index contributed by atoms with van der Waals surface area (Å²) in [5.74, 6) is 1.14. The predicted molar refractivity (Wildman–Crippen MR) is 125 cm³/mol. The molecule has 1 aliphatic rings. The average molecular weight is 425 g/mol. The van der Waals surface area contributed by atoms with Crippen molar-refractivity contribution in [3.8, 4) is 5.69 Å². The van der Waals surface area contributed by atoms with Gasteiger partial charge in [-0.05, 0) is 51.3 Å². The van der Waals surface area contributed by atoms with Crippen LogP contribution in [0.5, 0.6) is 0 Å². The number of amides is 1. The summed E-state index contributed by atoms with van der Waals surface area (Å²) in [5, 5.41) is 14.3. The fourth-order valence-electron chi connectivity index (χ4n) is 4.11. The van der Waals surface area contributed by atoms with Crippen molar-refractivity contribution in [2.45, 2.75) is 59.4 Å². The zero-order chi connectivity index (χ0) is 22.1. The number of aromatic nitrogens is 2. The Morgan fingerprint density at radius 2 is 1.84 bits per heavy atom. The van der Waals surface area contributed by atoms with Crippen molar-refractivity contribution in [2.75, 3.05) is 19.6 Å². The number of hydrogen-bond donors (Lipinski definition) is 3. The maximum atomic E-state index is 12.3. The molecule has 3 N–H and O–H groups in total. The first-order chi connectivity index (χ1) is 15.1. The first-order valence-electron chi connectivity index (χ1n) is 11.5. The van der Waals surface area contributed by atoms with E-state index in [1.807, 2.05) is 30.7 Å². The molecular weight excluding hydrogens is 388 g/mol. The van der Waals surface area contributed by atoms with Crippen LogP contribution in [0.4, 0.5) is 0 Å². The van der Waals surface area contributed by atoms with Crippen molar-refractivity contribution in [1.29, 1.82) is 0 Å². The second kappa shape index (κ2) is 11.5. The van der Waals surface area contributed by atoms with Crippen LogP contribution in [-0.2, 0) is 11.3 Å². The standard InChI is InChI=1S/C24H36N6O/c1-4-25-24(27-15-14-26-23(31)20-10-6-5-7-11-20)28-17-21-12-8-9-13-22(21)30-19(3)16-18(2)29-30/h8-9,12-13,16,20H,4-7,10-11,14-15,17H2,1-3H3,(H,26,31)(H2,25,27,28). The van der Waals surface area contributed by atoms with Crippen LogP contribution in [0.1, 0.15) is 56.0 Å². The maximum Gasteiger partial charge on any atom is 0.223 e. The number of guanidine groups is 1. The highest BCUT2D eigenvalue weighted by Crippen LogP contribution is 2.23. The minimum atomic E-state index is 0.196. The zero-order valence-electron chi connectivity index (χ0n) is 19.1. The van der Waals surface area contributed by atoms with Crippen molar-refractivity contribution in [1.82, 2.24) is 25.7 Å². The Morgan fingerprint density at radius 3 is 2.55 bits per heavy atom. The van der Waals surface area contributed by atoms with Gasteiger partial charge in [0.1, 0.15) is 0 Å². The molecule has 168 valence electrons. The lowest BCUT2D eigenvalue weighted by atomic mass is 9.89. The van der Waals surface area contributed by atoms with Crippen LogP contribution in [0.3, 0.4) is 0 Å². The lowest BCUT2D eigenvalue weighted by Crippen LogP contribution is -2.42. The van der Waals surface area contributed by atoms with Crippen LogP contribution in [0.2, 0.25) is 0 Å². The van der Waals surface area contributed by atoms with Gasteiger partial charge in [0.2, 0.25) is 5.91 Å². The highest BCUT2D eigenvalue weighted by atomic mass is 16.1. The van der Waals surface area contributed by atoms with E-state index in [9.17, 15) is 4.79 Å². The van der Waals surface area contributed by atoms with Gasteiger partial charge in [0, 0.05) is 31.2 Å². The topological polar surface area (TPSA) is 83.3 Å². The Labute approximate surface area is 185 Å². The van der Waals surface area contributed by atoms with E-state index < -0.39 is 0 Å². The van der Waals surface area contributed by atoms with Gasteiger partial charge in [0.15, 0.2) is 5.96 Å². The van der Waals surface area contributed by atoms with Gasteiger partial charge < -0.3 is 16.0 Å². The third-order valence-corrected chi connectivity index (χ3v) is 5.67. The van der Waals surface area contributed by atoms with Crippen molar-refractivity contribution in [2.24, 2.45) is 10.9 Å². The number of para-hydroxylation sites is 1. The number of aryl methyl sites for hydroxylation is 2. The lowest BCUT2D eigenvalue weighted by molar-refractivity contribution is -0.125. The summed E-state index contributed by atoms with van der Waals surface area (Å²) in [7, 11) is 0. The summed E-state index contributed by atoms with van der Waals surface area (Å²) in [4.78, 5) is 17.0. The molecule has 3 rings (SSSR count). The molecule has 0 bridgehead atoms. The Hall–Kier alpha value is -2.83. The highest BCUT2D eigenvalue weighted by molar-refractivity contribution is 5.80. The Morgan fingerprint density at radius 1 is 1.10 bits per heavy atom. The first-order valence-corrected chi connectivity index (χ1v) is 11.5. The normalized spacial score (nSPS) is 15.0. The van der Waals surface area contributed by atoms with Gasteiger partial charge in [-0.3, -0.25) is 4.79 Å². The molecule has 0 spiro atoms. The highest BCUT2D eigenvalue weighted by Gasteiger charge is 2.20. The molecular formula is C24H36N6O. The molecule has 1 aromatic carbocycles. The van der Waals surface area contributed by atoms with Gasteiger partial charge in [-0.25, -0.2) is 9.67 Å². The van der Waals surface area contributed by atoms with Gasteiger partial charge in [-0.2, -0.15) is 5.10 Å². The molecule has 1 amide bonds. The van der Waals surface area contributed by atoms with E-state index >= 15 is 0 Å². The SMILES string of the molecule is CCNC(=NCc1ccccc1-n1nc(C)cc1C)NCCNC(=O)C1CCCCC1. The molecule has 1 saturated carbocycles. The number of benzene rings is 1. The third-order valence-electron chi connectivity index (χ3n) is 5.67. The number of nitrogens with one attached hydrogen (secondary N) is 3. The largest absolute Gasteiger partial charge is 0.357 e. The second-order valence-electron chi connectivity index (χ2n) is 8.22.